The molecular weight excluding hydrogens is 323 g/mol. The van der Waals surface area contributed by atoms with E-state index in [0.717, 1.165) is 0 Å². The van der Waals surface area contributed by atoms with Gasteiger partial charge in [-0.25, -0.2) is 13.4 Å². The molecule has 0 aromatic carbocycles. The van der Waals surface area contributed by atoms with Crippen LogP contribution < -0.4 is 4.72 Å². The molecule has 0 aliphatic carbocycles. The van der Waals surface area contributed by atoms with Gasteiger partial charge in [0.05, 0.1) is 23.1 Å². The summed E-state index contributed by atoms with van der Waals surface area (Å²) in [5, 5.41) is 4.34. The molecule has 108 valence electrons. The van der Waals surface area contributed by atoms with E-state index in [1.165, 1.54) is 24.7 Å². The molecule has 9 heteroatoms. The topological polar surface area (TPSA) is 76.9 Å². The Morgan fingerprint density at radius 2 is 2.00 bits per heavy atom. The number of anilines is 1. The van der Waals surface area contributed by atoms with Crippen molar-refractivity contribution in [2.45, 2.75) is 24.8 Å². The van der Waals surface area contributed by atoms with Gasteiger partial charge in [0.15, 0.2) is 0 Å². The number of rotatable bonds is 4. The van der Waals surface area contributed by atoms with E-state index in [1.807, 2.05) is 13.8 Å². The Bertz CT molecular complexity index is 728. The Balaban J connectivity index is 2.30. The smallest absolute Gasteiger partial charge is 0.265 e. The van der Waals surface area contributed by atoms with Gasteiger partial charge in [-0.15, -0.1) is 0 Å². The van der Waals surface area contributed by atoms with Gasteiger partial charge in [-0.3, -0.25) is 9.40 Å². The Morgan fingerprint density at radius 3 is 2.55 bits per heavy atom. The van der Waals surface area contributed by atoms with Crippen LogP contribution in [0.15, 0.2) is 29.6 Å². The van der Waals surface area contributed by atoms with Gasteiger partial charge >= 0.3 is 0 Å². The van der Waals surface area contributed by atoms with Crippen LogP contribution >= 0.6 is 23.2 Å². The van der Waals surface area contributed by atoms with Gasteiger partial charge in [-0.1, -0.05) is 23.2 Å². The fraction of sp³-hybridized carbons (Fsp3) is 0.273. The molecule has 2 rings (SSSR count). The van der Waals surface area contributed by atoms with E-state index in [-0.39, 0.29) is 26.8 Å². The van der Waals surface area contributed by atoms with E-state index < -0.39 is 10.0 Å². The lowest BCUT2D eigenvalue weighted by molar-refractivity contribution is 0.531. The van der Waals surface area contributed by atoms with Gasteiger partial charge in [0, 0.05) is 12.2 Å². The minimum absolute atomic E-state index is 0.0530. The zero-order valence-corrected chi connectivity index (χ0v) is 13.0. The molecule has 20 heavy (non-hydrogen) atoms. The van der Waals surface area contributed by atoms with E-state index >= 15 is 0 Å². The third-order valence-corrected chi connectivity index (χ3v) is 4.32. The Kier molecular flexibility index (Phi) is 4.22. The number of nitrogens with one attached hydrogen (secondary N) is 1. The first kappa shape index (κ1) is 15.1. The second kappa shape index (κ2) is 5.59. The zero-order chi connectivity index (χ0) is 14.9. The second-order valence-electron chi connectivity index (χ2n) is 4.34. The van der Waals surface area contributed by atoms with Crippen molar-refractivity contribution in [3.8, 4) is 0 Å². The zero-order valence-electron chi connectivity index (χ0n) is 10.7. The fourth-order valence-corrected chi connectivity index (χ4v) is 2.90. The van der Waals surface area contributed by atoms with Gasteiger partial charge in [-0.2, -0.15) is 5.10 Å². The van der Waals surface area contributed by atoms with E-state index in [2.05, 4.69) is 14.8 Å². The average Bonchev–Trinajstić information content (AvgIpc) is 2.83. The molecule has 0 fully saturated rings. The standard InChI is InChI=1S/C11H12Cl2N4O2S/c1-7(2)17-6-8(4-15-17)20(18,19)16-10-5-14-11(13)3-9(10)12/h3-7,16H,1-2H3. The number of hydrogen-bond donors (Lipinski definition) is 1. The molecule has 0 saturated heterocycles. The third kappa shape index (κ3) is 3.23. The lowest BCUT2D eigenvalue weighted by Crippen LogP contribution is -2.13. The largest absolute Gasteiger partial charge is 0.276 e. The lowest BCUT2D eigenvalue weighted by Gasteiger charge is -2.08. The van der Waals surface area contributed by atoms with Gasteiger partial charge < -0.3 is 0 Å². The molecular formula is C11H12Cl2N4O2S. The molecule has 6 nitrogen and oxygen atoms in total. The van der Waals surface area contributed by atoms with E-state index in [0.29, 0.717) is 0 Å². The molecule has 0 amide bonds. The second-order valence-corrected chi connectivity index (χ2v) is 6.82. The molecule has 0 atom stereocenters. The SMILES string of the molecule is CC(C)n1cc(S(=O)(=O)Nc2cnc(Cl)cc2Cl)cn1. The van der Waals surface area contributed by atoms with Gasteiger partial charge in [0.2, 0.25) is 0 Å². The maximum absolute atomic E-state index is 12.2. The van der Waals surface area contributed by atoms with Crippen molar-refractivity contribution in [1.82, 2.24) is 14.8 Å². The minimum Gasteiger partial charge on any atom is -0.276 e. The van der Waals surface area contributed by atoms with Gasteiger partial charge in [0.1, 0.15) is 10.0 Å². The van der Waals surface area contributed by atoms with Crippen molar-refractivity contribution < 1.29 is 8.42 Å². The number of hydrogen-bond acceptors (Lipinski definition) is 4. The lowest BCUT2D eigenvalue weighted by atomic mass is 10.4. The normalized spacial score (nSPS) is 11.8. The molecule has 0 aliphatic rings. The van der Waals surface area contributed by atoms with Crippen LogP contribution in [0.25, 0.3) is 0 Å². The van der Waals surface area contributed by atoms with Crippen molar-refractivity contribution in [2.24, 2.45) is 0 Å². The third-order valence-electron chi connectivity index (χ3n) is 2.48. The highest BCUT2D eigenvalue weighted by atomic mass is 35.5. The number of sulfonamides is 1. The van der Waals surface area contributed by atoms with Crippen LogP contribution in [0.3, 0.4) is 0 Å². The summed E-state index contributed by atoms with van der Waals surface area (Å²) in [5.74, 6) is 0. The Labute approximate surface area is 126 Å². The predicted octanol–water partition coefficient (Wildman–Crippen LogP) is 2.97. The van der Waals surface area contributed by atoms with Crippen LogP contribution in [0.5, 0.6) is 0 Å². The number of halogens is 2. The summed E-state index contributed by atoms with van der Waals surface area (Å²) < 4.78 is 28.3. The van der Waals surface area contributed by atoms with Crippen molar-refractivity contribution in [1.29, 1.82) is 0 Å². The predicted molar refractivity (Wildman–Crippen MR) is 77.7 cm³/mol. The van der Waals surface area contributed by atoms with E-state index in [1.54, 1.807) is 4.68 Å². The van der Waals surface area contributed by atoms with Crippen LogP contribution in [-0.2, 0) is 10.0 Å². The summed E-state index contributed by atoms with van der Waals surface area (Å²) in [4.78, 5) is 3.84. The van der Waals surface area contributed by atoms with Crippen molar-refractivity contribution in [2.75, 3.05) is 4.72 Å². The summed E-state index contributed by atoms with van der Waals surface area (Å²) in [6, 6.07) is 1.43. The van der Waals surface area contributed by atoms with Gasteiger partial charge in [-0.05, 0) is 19.9 Å². The molecule has 2 aromatic rings. The van der Waals surface area contributed by atoms with E-state index in [4.69, 9.17) is 23.2 Å². The minimum atomic E-state index is -3.76. The van der Waals surface area contributed by atoms with E-state index in [9.17, 15) is 8.42 Å². The van der Waals surface area contributed by atoms with Crippen LogP contribution in [0.4, 0.5) is 5.69 Å². The molecule has 0 spiro atoms. The summed E-state index contributed by atoms with van der Waals surface area (Å²) in [5.41, 5.74) is 0.161. The van der Waals surface area contributed by atoms with Crippen LogP contribution in [-0.4, -0.2) is 23.2 Å². The Hall–Kier alpha value is -1.31. The molecule has 2 aromatic heterocycles. The van der Waals surface area contributed by atoms with Crippen molar-refractivity contribution >= 4 is 38.9 Å². The molecule has 0 bridgehead atoms. The van der Waals surface area contributed by atoms with Crippen molar-refractivity contribution in [3.05, 3.63) is 34.8 Å². The highest BCUT2D eigenvalue weighted by Crippen LogP contribution is 2.25. The molecule has 0 aliphatic heterocycles. The molecule has 1 N–H and O–H groups in total. The Morgan fingerprint density at radius 1 is 1.30 bits per heavy atom. The first-order chi connectivity index (χ1) is 9.29. The highest BCUT2D eigenvalue weighted by Gasteiger charge is 2.19. The van der Waals surface area contributed by atoms with Crippen LogP contribution in [0.2, 0.25) is 10.2 Å². The molecule has 0 saturated carbocycles. The molecule has 0 unspecified atom stereocenters. The first-order valence-electron chi connectivity index (χ1n) is 5.67. The highest BCUT2D eigenvalue weighted by molar-refractivity contribution is 7.92. The summed E-state index contributed by atoms with van der Waals surface area (Å²) in [6.45, 7) is 3.80. The van der Waals surface area contributed by atoms with Gasteiger partial charge in [0.25, 0.3) is 10.0 Å². The summed E-state index contributed by atoms with van der Waals surface area (Å²) in [7, 11) is -3.76. The number of nitrogens with zero attached hydrogens (tertiary/aromatic N) is 3. The maximum Gasteiger partial charge on any atom is 0.265 e. The first-order valence-corrected chi connectivity index (χ1v) is 7.91. The average molecular weight is 335 g/mol. The number of aromatic nitrogens is 3. The summed E-state index contributed by atoms with van der Waals surface area (Å²) in [6.07, 6.45) is 3.99. The summed E-state index contributed by atoms with van der Waals surface area (Å²) >= 11 is 11.6. The van der Waals surface area contributed by atoms with Crippen LogP contribution in [0, 0.1) is 0 Å². The molecule has 0 radical (unpaired) electrons. The van der Waals surface area contributed by atoms with Crippen LogP contribution in [0.1, 0.15) is 19.9 Å². The quantitative estimate of drug-likeness (QED) is 0.872. The monoisotopic (exact) mass is 334 g/mol. The number of pyridine rings is 1. The maximum atomic E-state index is 12.2. The van der Waals surface area contributed by atoms with Crippen molar-refractivity contribution in [3.63, 3.8) is 0 Å². The molecule has 2 heterocycles. The fourth-order valence-electron chi connectivity index (χ4n) is 1.43.